The Morgan fingerprint density at radius 1 is 0.962 bits per heavy atom. The molecule has 0 fully saturated rings. The number of benzene rings is 2. The van der Waals surface area contributed by atoms with Crippen molar-refractivity contribution in [3.8, 4) is 11.5 Å². The van der Waals surface area contributed by atoms with E-state index in [1.807, 2.05) is 24.3 Å². The summed E-state index contributed by atoms with van der Waals surface area (Å²) in [4.78, 5) is 4.56. The predicted octanol–water partition coefficient (Wildman–Crippen LogP) is 5.63. The molecule has 0 saturated heterocycles. The Hall–Kier alpha value is -3.14. The molecule has 0 aliphatic heterocycles. The van der Waals surface area contributed by atoms with Crippen LogP contribution >= 0.6 is 0 Å². The maximum Gasteiger partial charge on any atom is 0.154 e. The molecule has 4 heteroatoms. The topological polar surface area (TPSA) is 27.1 Å². The Labute approximate surface area is 151 Å². The van der Waals surface area contributed by atoms with Crippen LogP contribution in [0.15, 0.2) is 66.9 Å². The van der Waals surface area contributed by atoms with Crippen molar-refractivity contribution in [2.24, 2.45) is 0 Å². The summed E-state index contributed by atoms with van der Waals surface area (Å²) in [6, 6.07) is 18.2. The standard InChI is InChI=1S/C22H19FN2O/c1-15-16(2)25(14-17-6-4-3-5-7-17)22-20(12-13-24-21(15)22)26-19-10-8-18(23)9-11-19/h3-13H,14H2,1-2H3. The van der Waals surface area contributed by atoms with Crippen LogP contribution in [-0.4, -0.2) is 9.55 Å². The fourth-order valence-electron chi connectivity index (χ4n) is 3.19. The Morgan fingerprint density at radius 2 is 1.69 bits per heavy atom. The zero-order chi connectivity index (χ0) is 18.1. The molecule has 2 aromatic heterocycles. The third kappa shape index (κ3) is 2.94. The fraction of sp³-hybridized carbons (Fsp3) is 0.136. The normalized spacial score (nSPS) is 11.0. The van der Waals surface area contributed by atoms with Crippen molar-refractivity contribution >= 4 is 11.0 Å². The highest BCUT2D eigenvalue weighted by molar-refractivity contribution is 5.87. The van der Waals surface area contributed by atoms with Gasteiger partial charge in [0.2, 0.25) is 0 Å². The first-order chi connectivity index (χ1) is 12.6. The first kappa shape index (κ1) is 16.3. The summed E-state index contributed by atoms with van der Waals surface area (Å²) in [5.41, 5.74) is 5.39. The van der Waals surface area contributed by atoms with E-state index in [1.165, 1.54) is 17.7 Å². The highest BCUT2D eigenvalue weighted by atomic mass is 19.1. The summed E-state index contributed by atoms with van der Waals surface area (Å²) in [5, 5.41) is 0. The molecule has 130 valence electrons. The molecule has 0 aliphatic rings. The molecular weight excluding hydrogens is 327 g/mol. The summed E-state index contributed by atoms with van der Waals surface area (Å²) in [6.07, 6.45) is 1.75. The summed E-state index contributed by atoms with van der Waals surface area (Å²) in [6.45, 7) is 4.91. The van der Waals surface area contributed by atoms with E-state index in [1.54, 1.807) is 18.3 Å². The molecule has 0 spiro atoms. The van der Waals surface area contributed by atoms with E-state index in [-0.39, 0.29) is 5.82 Å². The lowest BCUT2D eigenvalue weighted by Crippen LogP contribution is -2.03. The lowest BCUT2D eigenvalue weighted by molar-refractivity contribution is 0.482. The summed E-state index contributed by atoms with van der Waals surface area (Å²) < 4.78 is 21.5. The number of hydrogen-bond donors (Lipinski definition) is 0. The zero-order valence-electron chi connectivity index (χ0n) is 14.7. The van der Waals surface area contributed by atoms with Gasteiger partial charge in [-0.2, -0.15) is 0 Å². The second-order valence-corrected chi connectivity index (χ2v) is 6.34. The Balaban J connectivity index is 1.83. The average Bonchev–Trinajstić information content (AvgIpc) is 2.90. The van der Waals surface area contributed by atoms with Gasteiger partial charge in [0.15, 0.2) is 5.75 Å². The van der Waals surface area contributed by atoms with Gasteiger partial charge in [-0.1, -0.05) is 30.3 Å². The molecular formula is C22H19FN2O. The Kier molecular flexibility index (Phi) is 4.17. The fourth-order valence-corrected chi connectivity index (χ4v) is 3.19. The first-order valence-corrected chi connectivity index (χ1v) is 8.55. The maximum atomic E-state index is 13.2. The van der Waals surface area contributed by atoms with Gasteiger partial charge in [-0.3, -0.25) is 4.98 Å². The van der Waals surface area contributed by atoms with Crippen LogP contribution in [-0.2, 0) is 6.54 Å². The number of ether oxygens (including phenoxy) is 1. The van der Waals surface area contributed by atoms with Gasteiger partial charge in [-0.25, -0.2) is 4.39 Å². The number of aromatic nitrogens is 2. The van der Waals surface area contributed by atoms with Crippen LogP contribution in [0.5, 0.6) is 11.5 Å². The molecule has 0 bridgehead atoms. The molecule has 0 radical (unpaired) electrons. The maximum absolute atomic E-state index is 13.2. The van der Waals surface area contributed by atoms with Crippen LogP contribution < -0.4 is 4.74 Å². The number of fused-ring (bicyclic) bond motifs is 1. The second-order valence-electron chi connectivity index (χ2n) is 6.34. The van der Waals surface area contributed by atoms with Crippen molar-refractivity contribution < 1.29 is 9.13 Å². The van der Waals surface area contributed by atoms with Gasteiger partial charge in [0.05, 0.1) is 5.52 Å². The second kappa shape index (κ2) is 6.64. The van der Waals surface area contributed by atoms with E-state index in [0.29, 0.717) is 11.5 Å². The molecule has 0 saturated carbocycles. The van der Waals surface area contributed by atoms with Crippen LogP contribution in [0.4, 0.5) is 4.39 Å². The van der Waals surface area contributed by atoms with Crippen molar-refractivity contribution in [1.29, 1.82) is 0 Å². The highest BCUT2D eigenvalue weighted by Gasteiger charge is 2.17. The van der Waals surface area contributed by atoms with Gasteiger partial charge in [0.25, 0.3) is 0 Å². The largest absolute Gasteiger partial charge is 0.455 e. The minimum Gasteiger partial charge on any atom is -0.455 e. The Morgan fingerprint density at radius 3 is 2.42 bits per heavy atom. The number of hydrogen-bond acceptors (Lipinski definition) is 2. The molecule has 4 rings (SSSR count). The molecule has 2 aromatic carbocycles. The summed E-state index contributed by atoms with van der Waals surface area (Å²) >= 11 is 0. The van der Waals surface area contributed by atoms with Crippen molar-refractivity contribution in [2.45, 2.75) is 20.4 Å². The molecule has 4 aromatic rings. The van der Waals surface area contributed by atoms with E-state index in [4.69, 9.17) is 4.74 Å². The van der Waals surface area contributed by atoms with Crippen LogP contribution in [0.25, 0.3) is 11.0 Å². The summed E-state index contributed by atoms with van der Waals surface area (Å²) in [7, 11) is 0. The quantitative estimate of drug-likeness (QED) is 0.479. The van der Waals surface area contributed by atoms with Crippen molar-refractivity contribution in [3.63, 3.8) is 0 Å². The lowest BCUT2D eigenvalue weighted by Gasteiger charge is -2.12. The highest BCUT2D eigenvalue weighted by Crippen LogP contribution is 2.34. The molecule has 2 heterocycles. The van der Waals surface area contributed by atoms with Crippen LogP contribution in [0.1, 0.15) is 16.8 Å². The number of rotatable bonds is 4. The van der Waals surface area contributed by atoms with Crippen molar-refractivity contribution in [1.82, 2.24) is 9.55 Å². The summed E-state index contributed by atoms with van der Waals surface area (Å²) in [5.74, 6) is 1.03. The van der Waals surface area contributed by atoms with Gasteiger partial charge in [-0.15, -0.1) is 0 Å². The smallest absolute Gasteiger partial charge is 0.154 e. The number of pyridine rings is 1. The van der Waals surface area contributed by atoms with E-state index in [2.05, 4.69) is 35.5 Å². The molecule has 0 atom stereocenters. The Bertz CT molecular complexity index is 1050. The third-order valence-corrected chi connectivity index (χ3v) is 4.68. The monoisotopic (exact) mass is 346 g/mol. The van der Waals surface area contributed by atoms with Crippen LogP contribution in [0.2, 0.25) is 0 Å². The third-order valence-electron chi connectivity index (χ3n) is 4.68. The van der Waals surface area contributed by atoms with Crippen molar-refractivity contribution in [2.75, 3.05) is 0 Å². The van der Waals surface area contributed by atoms with Gasteiger partial charge in [-0.05, 0) is 49.2 Å². The van der Waals surface area contributed by atoms with E-state index >= 15 is 0 Å². The van der Waals surface area contributed by atoms with E-state index < -0.39 is 0 Å². The van der Waals surface area contributed by atoms with Crippen LogP contribution in [0.3, 0.4) is 0 Å². The van der Waals surface area contributed by atoms with E-state index in [9.17, 15) is 4.39 Å². The molecule has 0 unspecified atom stereocenters. The SMILES string of the molecule is Cc1c(C)n(Cc2ccccc2)c2c(Oc3ccc(F)cc3)ccnc12. The number of nitrogens with zero attached hydrogens (tertiary/aromatic N) is 2. The molecule has 0 aliphatic carbocycles. The van der Waals surface area contributed by atoms with E-state index in [0.717, 1.165) is 28.8 Å². The average molecular weight is 346 g/mol. The number of halogens is 1. The molecule has 3 nitrogen and oxygen atoms in total. The predicted molar refractivity (Wildman–Crippen MR) is 101 cm³/mol. The minimum absolute atomic E-state index is 0.281. The van der Waals surface area contributed by atoms with Gasteiger partial charge in [0, 0.05) is 24.5 Å². The zero-order valence-corrected chi connectivity index (χ0v) is 14.7. The van der Waals surface area contributed by atoms with Gasteiger partial charge >= 0.3 is 0 Å². The first-order valence-electron chi connectivity index (χ1n) is 8.55. The minimum atomic E-state index is -0.281. The molecule has 0 N–H and O–H groups in total. The lowest BCUT2D eigenvalue weighted by atomic mass is 10.2. The number of aryl methyl sites for hydroxylation is 1. The molecule has 0 amide bonds. The van der Waals surface area contributed by atoms with Crippen LogP contribution in [0, 0.1) is 19.7 Å². The van der Waals surface area contributed by atoms with Crippen molar-refractivity contribution in [3.05, 3.63) is 89.5 Å². The van der Waals surface area contributed by atoms with Gasteiger partial charge < -0.3 is 9.30 Å². The van der Waals surface area contributed by atoms with Gasteiger partial charge in [0.1, 0.15) is 17.1 Å². The molecule has 26 heavy (non-hydrogen) atoms.